The Hall–Kier alpha value is -7.86. The molecule has 69 heavy (non-hydrogen) atoms. The van der Waals surface area contributed by atoms with Gasteiger partial charge in [-0.3, -0.25) is 14.4 Å². The van der Waals surface area contributed by atoms with Gasteiger partial charge in [-0.2, -0.15) is 0 Å². The number of likely N-dealkylation sites (tertiary alicyclic amines) is 3. The predicted octanol–water partition coefficient (Wildman–Crippen LogP) is 4.65. The van der Waals surface area contributed by atoms with Crippen molar-refractivity contribution in [2.45, 2.75) is 58.0 Å². The largest absolute Gasteiger partial charge is 0.354 e. The van der Waals surface area contributed by atoms with Crippen molar-refractivity contribution < 1.29 is 55.5 Å². The molecule has 6 aromatic heterocycles. The monoisotopic (exact) mass is 967 g/mol. The number of aromatic amines is 3. The fraction of sp³-hybridized carbons (Fsp3) is 0.500. The molecule has 3 amide bonds. The highest BCUT2D eigenvalue weighted by Gasteiger charge is 2.36. The van der Waals surface area contributed by atoms with Crippen LogP contribution in [0.1, 0.15) is 81.0 Å². The molecule has 6 atom stereocenters. The van der Waals surface area contributed by atoms with Crippen LogP contribution in [0.5, 0.6) is 0 Å². The van der Waals surface area contributed by atoms with Crippen molar-refractivity contribution in [2.24, 2.45) is 17.7 Å². The Balaban J connectivity index is 0.000000212. The molecular formula is C48H60N18O3. The molecule has 21 heteroatoms. The Kier molecular flexibility index (Phi) is 7.57. The first-order valence-electron chi connectivity index (χ1n) is 35.2. The molecule has 0 saturated carbocycles. The van der Waals surface area contributed by atoms with E-state index in [0.717, 1.165) is 11.9 Å². The number of carbonyl (C=O) groups is 3. The van der Waals surface area contributed by atoms with Gasteiger partial charge in [0.25, 0.3) is 19.5 Å². The molecule has 3 aliphatic rings. The van der Waals surface area contributed by atoms with E-state index in [-0.39, 0.29) is 63.0 Å². The zero-order valence-electron chi connectivity index (χ0n) is 66.6. The van der Waals surface area contributed by atoms with Crippen LogP contribution in [0.2, 0.25) is 0 Å². The third kappa shape index (κ3) is 11.0. The van der Waals surface area contributed by atoms with Crippen LogP contribution in [0.3, 0.4) is 0 Å². The summed E-state index contributed by atoms with van der Waals surface area (Å²) in [5.74, 6) is -12.4. The number of aromatic nitrogens is 9. The Morgan fingerprint density at radius 3 is 1.61 bits per heavy atom. The maximum absolute atomic E-state index is 13.0. The van der Waals surface area contributed by atoms with Crippen molar-refractivity contribution in [2.75, 3.05) is 94.3 Å². The van der Waals surface area contributed by atoms with E-state index >= 15 is 0 Å². The highest BCUT2D eigenvalue weighted by molar-refractivity contribution is 5.89. The number of hydrogen-bond donors (Lipinski definition) is 3. The Labute approximate surface area is 443 Å². The quantitative estimate of drug-likeness (QED) is 0.169. The van der Waals surface area contributed by atoms with Crippen molar-refractivity contribution in [1.29, 1.82) is 0 Å². The molecule has 6 aromatic rings. The predicted molar refractivity (Wildman–Crippen MR) is 264 cm³/mol. The van der Waals surface area contributed by atoms with Crippen molar-refractivity contribution >= 4 is 68.3 Å². The zero-order valence-corrected chi connectivity index (χ0v) is 36.6. The second kappa shape index (κ2) is 22.3. The van der Waals surface area contributed by atoms with Gasteiger partial charge in [0.1, 0.15) is 62.9 Å². The lowest BCUT2D eigenvalue weighted by molar-refractivity contribution is -0.131. The maximum atomic E-state index is 13.0. The average molecular weight is 967 g/mol. The van der Waals surface area contributed by atoms with Gasteiger partial charge in [-0.1, -0.05) is 20.6 Å². The summed E-state index contributed by atoms with van der Waals surface area (Å²) in [6, 6.07) is -3.67. The summed E-state index contributed by atoms with van der Waals surface area (Å²) in [5, 5.41) is 0.563. The number of likely N-dealkylation sites (N-methyl/N-ethyl adjacent to an activating group) is 3. The molecule has 0 radical (unpaired) electrons. The molecule has 3 N–H and O–H groups in total. The van der Waals surface area contributed by atoms with Crippen LogP contribution in [0, 0.1) is 37.4 Å². The van der Waals surface area contributed by atoms with Gasteiger partial charge in [0.15, 0.2) is 0 Å². The van der Waals surface area contributed by atoms with Gasteiger partial charge in [-0.25, -0.2) is 49.6 Å². The van der Waals surface area contributed by atoms with Crippen LogP contribution < -0.4 is 14.7 Å². The van der Waals surface area contributed by atoms with Gasteiger partial charge in [-0.05, 0) is 55.2 Å². The minimum absolute atomic E-state index is 0.0508. The van der Waals surface area contributed by atoms with E-state index in [1.54, 1.807) is 24.2 Å². The lowest BCUT2D eigenvalue weighted by Crippen LogP contribution is -2.53. The summed E-state index contributed by atoms with van der Waals surface area (Å²) in [6.45, 7) is -12.0. The Morgan fingerprint density at radius 2 is 1.16 bits per heavy atom. The number of nitrogens with one attached hydrogen (secondary N) is 3. The van der Waals surface area contributed by atoms with Crippen molar-refractivity contribution in [3.05, 3.63) is 90.0 Å². The van der Waals surface area contributed by atoms with Crippen LogP contribution >= 0.6 is 0 Å². The van der Waals surface area contributed by atoms with E-state index in [4.69, 9.17) is 59.5 Å². The minimum Gasteiger partial charge on any atom is -0.354 e. The number of H-pyrrole nitrogens is 3. The Bertz CT molecular complexity index is 4250. The molecule has 0 aromatic carbocycles. The summed E-state index contributed by atoms with van der Waals surface area (Å²) >= 11 is 0. The number of piperidine rings is 3. The molecule has 360 valence electrons. The van der Waals surface area contributed by atoms with E-state index < -0.39 is 150 Å². The summed E-state index contributed by atoms with van der Waals surface area (Å²) in [7, 11) is 2.72. The SMILES string of the molecule is [2H]c1nc(N(C([2H])([2H])[2H])[C@@]2([2H])C([2H])([2H])N(C(=O)C([2H])([2H])[N+]#[C-])C([2H])([2H])C[C@@]2([2H])C([2H])([2H])[2H])c2cc[nH]c2n1.[2H]c1nc(N(C)[C@@H]2[C@H](C)CCN(C(=O)C[N+]#[C-])C2([2H])[2H])c2cc[nH]c2n1.[2H]c1nc(N(C)[C@@]2([2H])C([2H])([2H])N(C(=O)C([2H])([2H])[N+]#[C-])C([2H])([2H])C[C@@]2([2H])C([2H])([2H])[2H])c2cc[nH]c2n1. The van der Waals surface area contributed by atoms with E-state index in [0.29, 0.717) is 28.2 Å². The molecule has 3 fully saturated rings. The molecule has 3 aliphatic heterocycles. The summed E-state index contributed by atoms with van der Waals surface area (Å²) in [6.07, 6.45) is 0.196. The van der Waals surface area contributed by atoms with Crippen molar-refractivity contribution in [1.82, 2.24) is 59.6 Å². The van der Waals surface area contributed by atoms with Crippen LogP contribution in [-0.4, -0.2) is 175 Å². The maximum Gasteiger partial charge on any atom is 0.302 e. The van der Waals surface area contributed by atoms with Gasteiger partial charge in [-0.15, -0.1) is 0 Å². The molecule has 9 heterocycles. The normalized spacial score (nSPS) is 36.4. The molecule has 0 spiro atoms. The number of rotatable bonds is 9. The average Bonchev–Trinajstić information content (AvgIpc) is 0.860. The second-order valence-corrected chi connectivity index (χ2v) is 14.6. The minimum atomic E-state index is -4.12. The Morgan fingerprint density at radius 1 is 0.696 bits per heavy atom. The van der Waals surface area contributed by atoms with Crippen LogP contribution in [0.4, 0.5) is 17.5 Å². The molecule has 0 unspecified atom stereocenters. The first-order valence-corrected chi connectivity index (χ1v) is 20.2. The fourth-order valence-corrected chi connectivity index (χ4v) is 6.96. The topological polar surface area (TPSA) is 208 Å². The van der Waals surface area contributed by atoms with E-state index in [1.807, 2.05) is 6.92 Å². The van der Waals surface area contributed by atoms with E-state index in [1.165, 1.54) is 24.5 Å². The van der Waals surface area contributed by atoms with Crippen molar-refractivity contribution in [3.63, 3.8) is 0 Å². The lowest BCUT2D eigenvalue weighted by Gasteiger charge is -2.41. The lowest BCUT2D eigenvalue weighted by atomic mass is 9.92. The van der Waals surface area contributed by atoms with Gasteiger partial charge >= 0.3 is 17.7 Å². The smallest absolute Gasteiger partial charge is 0.302 e. The summed E-state index contributed by atoms with van der Waals surface area (Å²) in [4.78, 5) is 80.1. The first kappa shape index (κ1) is 23.4. The standard InChI is InChI=1S/3C16H20N6O/c3*1-11-5-7-22(14(23)8-17-2)9-13(11)21(3)16-12-4-6-18-15(12)19-10-20-16/h3*4,6,10-11,13H,5,7-9H2,1,3H3,(H,18,19,20)/t3*11-,13+/m111/s1/i1D3,3D3,7D2,8D2,9D2,10D,11D,13D;1D3,7D2,8D2,9D2,10D,11D,13D;9D2,10D. The third-order valence-electron chi connectivity index (χ3n) is 10.4. The first-order chi connectivity index (χ1) is 44.9. The number of hydrogen-bond acceptors (Lipinski definition) is 12. The molecule has 21 nitrogen and oxygen atoms in total. The number of amides is 3. The summed E-state index contributed by atoms with van der Waals surface area (Å²) in [5.41, 5.74) is 0.409. The number of anilines is 3. The molecule has 3 saturated heterocycles. The van der Waals surface area contributed by atoms with E-state index in [9.17, 15) is 15.8 Å². The van der Waals surface area contributed by atoms with Crippen LogP contribution in [0.25, 0.3) is 47.6 Å². The number of nitrogens with zero attached hydrogens (tertiary/aromatic N) is 15. The molecular weight excluding hydrogens is 877 g/mol. The number of carbonyl (C=O) groups excluding carboxylic acids is 3. The highest BCUT2D eigenvalue weighted by Crippen LogP contribution is 2.31. The highest BCUT2D eigenvalue weighted by atomic mass is 16.2. The van der Waals surface area contributed by atoms with Crippen LogP contribution in [-0.2, 0) is 14.4 Å². The number of fused-ring (bicyclic) bond motifs is 3. The van der Waals surface area contributed by atoms with Crippen molar-refractivity contribution in [3.8, 4) is 0 Å². The summed E-state index contributed by atoms with van der Waals surface area (Å²) < 4.78 is 247. The van der Waals surface area contributed by atoms with Gasteiger partial charge < -0.3 is 58.9 Å². The van der Waals surface area contributed by atoms with Gasteiger partial charge in [0, 0.05) is 99.3 Å². The third-order valence-corrected chi connectivity index (χ3v) is 10.4. The van der Waals surface area contributed by atoms with Crippen LogP contribution in [0.15, 0.2) is 55.7 Å². The molecule has 0 aliphatic carbocycles. The van der Waals surface area contributed by atoms with E-state index in [2.05, 4.69) is 59.4 Å². The fourth-order valence-electron chi connectivity index (χ4n) is 6.96. The van der Waals surface area contributed by atoms with Gasteiger partial charge in [0.2, 0.25) is 0 Å². The zero-order chi connectivity index (χ0) is 75.5. The molecule has 9 rings (SSSR count). The molecule has 0 bridgehead atoms. The second-order valence-electron chi connectivity index (χ2n) is 14.6. The van der Waals surface area contributed by atoms with Gasteiger partial charge in [0.05, 0.1) is 45.2 Å².